The second-order valence-corrected chi connectivity index (χ2v) is 9.36. The van der Waals surface area contributed by atoms with Gasteiger partial charge in [-0.2, -0.15) is 11.3 Å². The summed E-state index contributed by atoms with van der Waals surface area (Å²) in [7, 11) is 0. The number of nitrogens with zero attached hydrogens (tertiary/aromatic N) is 3. The van der Waals surface area contributed by atoms with Crippen molar-refractivity contribution < 1.29 is 14.3 Å². The molecule has 1 amide bonds. The van der Waals surface area contributed by atoms with E-state index < -0.39 is 17.4 Å². The Hall–Kier alpha value is -3.20. The average molecular weight is 508 g/mol. The minimum absolute atomic E-state index is 0.0157. The highest BCUT2D eigenvalue weighted by Crippen LogP contribution is 2.48. The van der Waals surface area contributed by atoms with Crippen molar-refractivity contribution in [3.05, 3.63) is 106 Å². The second-order valence-electron chi connectivity index (χ2n) is 7.77. The maximum Gasteiger partial charge on any atom is 0.248 e. The molecule has 1 aliphatic heterocycles. The van der Waals surface area contributed by atoms with Gasteiger partial charge >= 0.3 is 0 Å². The number of amides is 1. The molecule has 2 unspecified atom stereocenters. The first-order valence-electron chi connectivity index (χ1n) is 10.4. The number of thiophene rings is 1. The molecule has 0 bridgehead atoms. The lowest BCUT2D eigenvalue weighted by molar-refractivity contribution is -0.142. The molecule has 1 aromatic carbocycles. The van der Waals surface area contributed by atoms with Gasteiger partial charge in [-0.05, 0) is 52.2 Å². The summed E-state index contributed by atoms with van der Waals surface area (Å²) < 4.78 is 7.19. The lowest BCUT2D eigenvalue weighted by atomic mass is 9.75. The van der Waals surface area contributed by atoms with Crippen LogP contribution in [0.5, 0.6) is 11.6 Å². The van der Waals surface area contributed by atoms with Gasteiger partial charge in [-0.1, -0.05) is 48.7 Å². The van der Waals surface area contributed by atoms with Crippen LogP contribution in [0.25, 0.3) is 0 Å². The van der Waals surface area contributed by atoms with Gasteiger partial charge in [0.1, 0.15) is 17.2 Å². The number of Topliss-reactive ketones (excluding diaryl/α,β-unsaturated/α-hetero) is 1. The summed E-state index contributed by atoms with van der Waals surface area (Å²) in [6.07, 6.45) is 3.21. The predicted octanol–water partition coefficient (Wildman–Crippen LogP) is 5.66. The summed E-state index contributed by atoms with van der Waals surface area (Å²) in [5.41, 5.74) is 0.488. The molecule has 1 aliphatic rings. The van der Waals surface area contributed by atoms with E-state index in [0.717, 1.165) is 5.56 Å². The molecule has 0 spiro atoms. The average Bonchev–Trinajstić information content (AvgIpc) is 3.39. The number of pyridine rings is 2. The van der Waals surface area contributed by atoms with E-state index in [1.807, 2.05) is 16.8 Å². The number of halogens is 1. The molecule has 0 aliphatic carbocycles. The van der Waals surface area contributed by atoms with Gasteiger partial charge < -0.3 is 4.74 Å². The number of hydrogen-bond donors (Lipinski definition) is 1. The Kier molecular flexibility index (Phi) is 6.12. The quantitative estimate of drug-likeness (QED) is 0.279. The van der Waals surface area contributed by atoms with Crippen molar-refractivity contribution in [1.29, 1.82) is 0 Å². The number of piperidine rings is 1. The molecule has 3 aromatic heterocycles. The van der Waals surface area contributed by atoms with Crippen LogP contribution in [-0.4, -0.2) is 26.0 Å². The number of rotatable bonds is 5. The summed E-state index contributed by atoms with van der Waals surface area (Å²) in [5.74, 6) is -0.911. The van der Waals surface area contributed by atoms with Crippen LogP contribution >= 0.6 is 35.8 Å². The summed E-state index contributed by atoms with van der Waals surface area (Å²) in [4.78, 5) is 36.0. The fourth-order valence-electron chi connectivity index (χ4n) is 4.19. The van der Waals surface area contributed by atoms with Crippen molar-refractivity contribution in [1.82, 2.24) is 14.3 Å². The summed E-state index contributed by atoms with van der Waals surface area (Å²) in [6, 6.07) is 17.5. The second kappa shape index (κ2) is 9.21. The first-order valence-corrected chi connectivity index (χ1v) is 12.1. The molecule has 0 saturated carbocycles. The molecule has 1 saturated heterocycles. The number of carbonyl (C=O) groups excluding carboxylic acids is 2. The number of benzene rings is 1. The molecule has 34 heavy (non-hydrogen) atoms. The van der Waals surface area contributed by atoms with Crippen molar-refractivity contribution >= 4 is 47.4 Å². The Morgan fingerprint density at radius 2 is 1.94 bits per heavy atom. The topological polar surface area (TPSA) is 72.4 Å². The monoisotopic (exact) mass is 507 g/mol. The Balaban J connectivity index is 1.60. The molecule has 4 heterocycles. The molecule has 170 valence electrons. The smallest absolute Gasteiger partial charge is 0.248 e. The molecule has 9 heteroatoms. The third-order valence-corrected chi connectivity index (χ3v) is 7.35. The molecule has 2 atom stereocenters. The van der Waals surface area contributed by atoms with Crippen LogP contribution in [0.2, 0.25) is 5.02 Å². The van der Waals surface area contributed by atoms with E-state index in [2.05, 4.69) is 22.8 Å². The van der Waals surface area contributed by atoms with Gasteiger partial charge in [0.05, 0.1) is 11.9 Å². The minimum atomic E-state index is -1.21. The fourth-order valence-corrected chi connectivity index (χ4v) is 5.57. The third-order valence-electron chi connectivity index (χ3n) is 5.79. The summed E-state index contributed by atoms with van der Waals surface area (Å²) >= 11 is 12.5. The molecule has 0 radical (unpaired) electrons. The lowest BCUT2D eigenvalue weighted by Crippen LogP contribution is -2.54. The van der Waals surface area contributed by atoms with Crippen LogP contribution < -0.4 is 4.74 Å². The van der Waals surface area contributed by atoms with Crippen molar-refractivity contribution in [3.63, 3.8) is 0 Å². The molecule has 6 nitrogen and oxygen atoms in total. The highest BCUT2D eigenvalue weighted by molar-refractivity contribution is 7.78. The van der Waals surface area contributed by atoms with Crippen molar-refractivity contribution in [3.8, 4) is 11.6 Å². The van der Waals surface area contributed by atoms with E-state index in [1.54, 1.807) is 67.0 Å². The largest absolute Gasteiger partial charge is 0.437 e. The van der Waals surface area contributed by atoms with E-state index >= 15 is 0 Å². The number of ether oxygens (including phenoxy) is 1. The Labute approximate surface area is 210 Å². The number of hydrogen-bond acceptors (Lipinski definition) is 7. The lowest BCUT2D eigenvalue weighted by Gasteiger charge is -2.45. The van der Waals surface area contributed by atoms with Crippen LogP contribution in [-0.2, 0) is 15.1 Å². The molecule has 5 rings (SSSR count). The maximum atomic E-state index is 13.7. The van der Waals surface area contributed by atoms with E-state index in [-0.39, 0.29) is 12.2 Å². The molecular formula is C25H18ClN3O3S2. The highest BCUT2D eigenvalue weighted by atomic mass is 35.5. The standard InChI is InChI=1S/C25H18ClN3O3S2/c26-19-7-2-1-6-18(19)23-20(30)13-25(29(33)24(23)31,16-10-12-34-15-16)21-8-3-9-22(28-21)32-17-5-4-11-27-14-17/h1-12,14-15,23,33H,13H2. The Morgan fingerprint density at radius 1 is 1.09 bits per heavy atom. The van der Waals surface area contributed by atoms with Crippen LogP contribution in [0.1, 0.15) is 29.2 Å². The fraction of sp³-hybridized carbons (Fsp3) is 0.120. The molecular weight excluding hydrogens is 490 g/mol. The van der Waals surface area contributed by atoms with Crippen LogP contribution in [0.3, 0.4) is 0 Å². The van der Waals surface area contributed by atoms with Crippen LogP contribution in [0.15, 0.2) is 83.8 Å². The zero-order valence-corrected chi connectivity index (χ0v) is 20.1. The van der Waals surface area contributed by atoms with Gasteiger partial charge in [0.2, 0.25) is 11.8 Å². The molecule has 4 aromatic rings. The van der Waals surface area contributed by atoms with E-state index in [9.17, 15) is 9.59 Å². The van der Waals surface area contributed by atoms with E-state index in [4.69, 9.17) is 16.3 Å². The maximum absolute atomic E-state index is 13.7. The zero-order chi connectivity index (χ0) is 23.7. The Morgan fingerprint density at radius 3 is 2.68 bits per heavy atom. The number of thiol groups is 1. The van der Waals surface area contributed by atoms with E-state index in [1.165, 1.54) is 15.6 Å². The predicted molar refractivity (Wildman–Crippen MR) is 133 cm³/mol. The van der Waals surface area contributed by atoms with Crippen molar-refractivity contribution in [2.45, 2.75) is 17.9 Å². The normalized spacial score (nSPS) is 20.4. The molecule has 0 N–H and O–H groups in total. The van der Waals surface area contributed by atoms with Gasteiger partial charge in [-0.3, -0.25) is 18.9 Å². The molecule has 1 fully saturated rings. The van der Waals surface area contributed by atoms with Gasteiger partial charge in [0, 0.05) is 23.7 Å². The minimum Gasteiger partial charge on any atom is -0.437 e. The van der Waals surface area contributed by atoms with Gasteiger partial charge in [0.15, 0.2) is 5.78 Å². The van der Waals surface area contributed by atoms with Gasteiger partial charge in [-0.15, -0.1) is 0 Å². The summed E-state index contributed by atoms with van der Waals surface area (Å²) in [6.45, 7) is 0. The third kappa shape index (κ3) is 3.87. The first-order chi connectivity index (χ1) is 16.5. The van der Waals surface area contributed by atoms with Gasteiger partial charge in [0.25, 0.3) is 0 Å². The van der Waals surface area contributed by atoms with Crippen molar-refractivity contribution in [2.75, 3.05) is 0 Å². The number of ketones is 1. The van der Waals surface area contributed by atoms with Crippen molar-refractivity contribution in [2.24, 2.45) is 0 Å². The SMILES string of the molecule is O=C1CC(c2ccsc2)(c2cccc(Oc3cccnc3)n2)N(S)C(=O)C1c1ccccc1Cl. The van der Waals surface area contributed by atoms with Crippen LogP contribution in [0, 0.1) is 0 Å². The summed E-state index contributed by atoms with van der Waals surface area (Å²) in [5, 5.41) is 4.16. The first kappa shape index (κ1) is 22.6. The number of aromatic nitrogens is 2. The Bertz CT molecular complexity index is 1350. The number of carbonyl (C=O) groups is 2. The van der Waals surface area contributed by atoms with E-state index in [0.29, 0.717) is 27.9 Å². The van der Waals surface area contributed by atoms with Crippen LogP contribution in [0.4, 0.5) is 0 Å². The zero-order valence-electron chi connectivity index (χ0n) is 17.7. The van der Waals surface area contributed by atoms with Gasteiger partial charge in [-0.25, -0.2) is 4.98 Å². The highest BCUT2D eigenvalue weighted by Gasteiger charge is 2.53.